The molecule has 1 amide bonds. The molecule has 0 spiro atoms. The Labute approximate surface area is 397 Å². The van der Waals surface area contributed by atoms with Gasteiger partial charge in [0.15, 0.2) is 0 Å². The number of carbonyl (C=O) groups is 2. The van der Waals surface area contributed by atoms with Gasteiger partial charge in [-0.3, -0.25) is 9.59 Å². The van der Waals surface area contributed by atoms with Crippen molar-refractivity contribution in [1.82, 2.24) is 5.32 Å². The standard InChI is InChI=1S/C58H107NO5/c1-3-5-7-9-11-13-14-15-25-29-32-36-40-44-48-52-58(63)64-53-49-45-41-37-33-30-27-24-22-20-18-16-17-19-21-23-26-28-31-35-39-43-47-51-57(62)59-55(54-60)56(61)50-46-42-38-34-12-10-8-6-4-2/h15-16,18-19,21,25,46,50,55-56,60-61H,3-14,17,20,22-24,26-45,47-49,51-54H2,1-2H3,(H,59,62)/b18-16-,21-19-,25-15-,50-46+. The summed E-state index contributed by atoms with van der Waals surface area (Å²) in [5.74, 6) is -0.0845. The van der Waals surface area contributed by atoms with Crippen LogP contribution in [0.5, 0.6) is 0 Å². The number of amides is 1. The van der Waals surface area contributed by atoms with Gasteiger partial charge in [0, 0.05) is 12.8 Å². The van der Waals surface area contributed by atoms with Crippen LogP contribution in [-0.4, -0.2) is 47.4 Å². The molecule has 2 atom stereocenters. The van der Waals surface area contributed by atoms with E-state index in [0.29, 0.717) is 19.4 Å². The summed E-state index contributed by atoms with van der Waals surface area (Å²) in [6.07, 6.45) is 67.1. The molecule has 0 rings (SSSR count). The summed E-state index contributed by atoms with van der Waals surface area (Å²) in [6, 6.07) is -0.634. The van der Waals surface area contributed by atoms with Gasteiger partial charge in [-0.15, -0.1) is 0 Å². The van der Waals surface area contributed by atoms with Crippen molar-refractivity contribution in [3.05, 3.63) is 48.6 Å². The number of esters is 1. The molecule has 0 aliphatic rings. The number of nitrogens with one attached hydrogen (secondary N) is 1. The van der Waals surface area contributed by atoms with Crippen LogP contribution in [-0.2, 0) is 14.3 Å². The highest BCUT2D eigenvalue weighted by molar-refractivity contribution is 5.76. The van der Waals surface area contributed by atoms with Gasteiger partial charge in [-0.25, -0.2) is 0 Å². The topological polar surface area (TPSA) is 95.9 Å². The normalized spacial score (nSPS) is 13.0. The number of unbranched alkanes of at least 4 members (excludes halogenated alkanes) is 34. The molecule has 0 bridgehead atoms. The second kappa shape index (κ2) is 53.4. The zero-order valence-electron chi connectivity index (χ0n) is 42.5. The largest absolute Gasteiger partial charge is 0.466 e. The molecule has 0 aromatic rings. The van der Waals surface area contributed by atoms with Crippen LogP contribution in [0, 0.1) is 0 Å². The minimum Gasteiger partial charge on any atom is -0.466 e. The van der Waals surface area contributed by atoms with Crippen molar-refractivity contribution in [2.75, 3.05) is 13.2 Å². The van der Waals surface area contributed by atoms with Gasteiger partial charge >= 0.3 is 5.97 Å². The maximum atomic E-state index is 12.4. The summed E-state index contributed by atoms with van der Waals surface area (Å²) in [6.45, 7) is 4.85. The van der Waals surface area contributed by atoms with Gasteiger partial charge in [0.1, 0.15) is 0 Å². The van der Waals surface area contributed by atoms with E-state index in [9.17, 15) is 19.8 Å². The molecular weight excluding hydrogens is 791 g/mol. The first-order chi connectivity index (χ1) is 31.5. The summed E-state index contributed by atoms with van der Waals surface area (Å²) in [7, 11) is 0. The quantitative estimate of drug-likeness (QED) is 0.0321. The van der Waals surface area contributed by atoms with Gasteiger partial charge < -0.3 is 20.3 Å². The molecular formula is C58H107NO5. The minimum absolute atomic E-state index is 0.00229. The highest BCUT2D eigenvalue weighted by atomic mass is 16.5. The lowest BCUT2D eigenvalue weighted by molar-refractivity contribution is -0.143. The van der Waals surface area contributed by atoms with Crippen LogP contribution in [0.3, 0.4) is 0 Å². The fraction of sp³-hybridized carbons (Fsp3) is 0.828. The lowest BCUT2D eigenvalue weighted by atomic mass is 10.1. The Balaban J connectivity index is 3.45. The van der Waals surface area contributed by atoms with Crippen molar-refractivity contribution in [3.63, 3.8) is 0 Å². The Morgan fingerprint density at radius 2 is 0.781 bits per heavy atom. The zero-order chi connectivity index (χ0) is 46.5. The van der Waals surface area contributed by atoms with Crippen molar-refractivity contribution in [1.29, 1.82) is 0 Å². The van der Waals surface area contributed by atoms with Gasteiger partial charge in [-0.05, 0) is 89.9 Å². The van der Waals surface area contributed by atoms with Crippen LogP contribution in [0.1, 0.15) is 284 Å². The van der Waals surface area contributed by atoms with E-state index in [2.05, 4.69) is 55.6 Å². The average molecular weight is 898 g/mol. The first-order valence-corrected chi connectivity index (χ1v) is 27.9. The molecule has 0 aromatic heterocycles. The summed E-state index contributed by atoms with van der Waals surface area (Å²) in [5, 5.41) is 22.9. The number of aliphatic hydroxyl groups excluding tert-OH is 2. The van der Waals surface area contributed by atoms with E-state index in [1.54, 1.807) is 6.08 Å². The van der Waals surface area contributed by atoms with Crippen LogP contribution in [0.25, 0.3) is 0 Å². The van der Waals surface area contributed by atoms with Gasteiger partial charge in [-0.2, -0.15) is 0 Å². The molecule has 0 saturated carbocycles. The second-order valence-corrected chi connectivity index (χ2v) is 18.9. The Morgan fingerprint density at radius 1 is 0.438 bits per heavy atom. The van der Waals surface area contributed by atoms with Crippen molar-refractivity contribution in [3.8, 4) is 0 Å². The van der Waals surface area contributed by atoms with Crippen LogP contribution >= 0.6 is 0 Å². The second-order valence-electron chi connectivity index (χ2n) is 18.9. The molecule has 0 heterocycles. The lowest BCUT2D eigenvalue weighted by Gasteiger charge is -2.20. The Hall–Kier alpha value is -2.18. The SMILES string of the molecule is CCCCCCCC/C=C\CCCCCCCC(=O)OCCCCCCCCCCC/C=C\C/C=C\CCCCCCCCCC(=O)NC(CO)C(O)/C=C/CCCCCCCCC. The van der Waals surface area contributed by atoms with E-state index in [4.69, 9.17) is 4.74 Å². The highest BCUT2D eigenvalue weighted by Gasteiger charge is 2.18. The van der Waals surface area contributed by atoms with Crippen molar-refractivity contribution >= 4 is 11.9 Å². The molecule has 0 aliphatic carbocycles. The fourth-order valence-corrected chi connectivity index (χ4v) is 8.25. The molecule has 0 aromatic carbocycles. The molecule has 6 heteroatoms. The summed E-state index contributed by atoms with van der Waals surface area (Å²) in [5.41, 5.74) is 0. The molecule has 0 saturated heterocycles. The van der Waals surface area contributed by atoms with Crippen LogP contribution in [0.4, 0.5) is 0 Å². The van der Waals surface area contributed by atoms with Gasteiger partial charge in [-0.1, -0.05) is 229 Å². The van der Waals surface area contributed by atoms with E-state index >= 15 is 0 Å². The van der Waals surface area contributed by atoms with Crippen LogP contribution in [0.2, 0.25) is 0 Å². The van der Waals surface area contributed by atoms with Crippen molar-refractivity contribution in [2.24, 2.45) is 0 Å². The third-order valence-corrected chi connectivity index (χ3v) is 12.6. The number of allylic oxidation sites excluding steroid dienone is 7. The molecule has 64 heavy (non-hydrogen) atoms. The fourth-order valence-electron chi connectivity index (χ4n) is 8.25. The summed E-state index contributed by atoms with van der Waals surface area (Å²) in [4.78, 5) is 24.4. The number of ether oxygens (including phenoxy) is 1. The van der Waals surface area contributed by atoms with E-state index in [-0.39, 0.29) is 18.5 Å². The predicted molar refractivity (Wildman–Crippen MR) is 278 cm³/mol. The minimum atomic E-state index is -0.849. The van der Waals surface area contributed by atoms with Crippen LogP contribution < -0.4 is 5.32 Å². The molecule has 0 aliphatic heterocycles. The summed E-state index contributed by atoms with van der Waals surface area (Å²) >= 11 is 0. The number of carbonyl (C=O) groups excluding carboxylic acids is 2. The smallest absolute Gasteiger partial charge is 0.305 e. The van der Waals surface area contributed by atoms with Gasteiger partial charge in [0.05, 0.1) is 25.4 Å². The third kappa shape index (κ3) is 49.3. The summed E-state index contributed by atoms with van der Waals surface area (Å²) < 4.78 is 5.47. The Bertz CT molecular complexity index is 1080. The first-order valence-electron chi connectivity index (χ1n) is 27.9. The van der Waals surface area contributed by atoms with E-state index in [1.807, 2.05) is 6.08 Å². The highest BCUT2D eigenvalue weighted by Crippen LogP contribution is 2.15. The van der Waals surface area contributed by atoms with E-state index < -0.39 is 12.1 Å². The zero-order valence-corrected chi connectivity index (χ0v) is 42.5. The molecule has 0 radical (unpaired) electrons. The lowest BCUT2D eigenvalue weighted by Crippen LogP contribution is -2.45. The molecule has 3 N–H and O–H groups in total. The number of hydrogen-bond acceptors (Lipinski definition) is 5. The maximum absolute atomic E-state index is 12.4. The van der Waals surface area contributed by atoms with Crippen molar-refractivity contribution < 1.29 is 24.5 Å². The predicted octanol–water partition coefficient (Wildman–Crippen LogP) is 17.0. The van der Waals surface area contributed by atoms with E-state index in [1.165, 1.54) is 193 Å². The maximum Gasteiger partial charge on any atom is 0.305 e. The average Bonchev–Trinajstić information content (AvgIpc) is 3.29. The molecule has 0 fully saturated rings. The van der Waals surface area contributed by atoms with Gasteiger partial charge in [0.25, 0.3) is 0 Å². The molecule has 6 nitrogen and oxygen atoms in total. The number of aliphatic hydroxyl groups is 2. The Kier molecular flexibility index (Phi) is 51.6. The first kappa shape index (κ1) is 61.8. The van der Waals surface area contributed by atoms with Crippen molar-refractivity contribution in [2.45, 2.75) is 296 Å². The molecule has 2 unspecified atom stereocenters. The van der Waals surface area contributed by atoms with E-state index in [0.717, 1.165) is 64.2 Å². The molecule has 374 valence electrons. The number of hydrogen-bond donors (Lipinski definition) is 3. The monoisotopic (exact) mass is 898 g/mol. The van der Waals surface area contributed by atoms with Gasteiger partial charge in [0.2, 0.25) is 5.91 Å². The Morgan fingerprint density at radius 3 is 1.20 bits per heavy atom. The number of rotatable bonds is 51. The third-order valence-electron chi connectivity index (χ3n) is 12.6. The van der Waals surface area contributed by atoms with Crippen LogP contribution in [0.15, 0.2) is 48.6 Å².